The van der Waals surface area contributed by atoms with E-state index >= 15 is 0 Å². The third-order valence-electron chi connectivity index (χ3n) is 15.0. The van der Waals surface area contributed by atoms with E-state index < -0.39 is 47.6 Å². The first-order chi connectivity index (χ1) is 26.4. The summed E-state index contributed by atoms with van der Waals surface area (Å²) in [7, 11) is 0. The van der Waals surface area contributed by atoms with E-state index in [0.29, 0.717) is 35.2 Å². The highest BCUT2D eigenvalue weighted by molar-refractivity contribution is 5.94. The Morgan fingerprint density at radius 3 is 2.49 bits per heavy atom. The molecule has 12 nitrogen and oxygen atoms in total. The normalized spacial score (nSPS) is 41.4. The summed E-state index contributed by atoms with van der Waals surface area (Å²) in [6, 6.07) is 7.44. The topological polar surface area (TPSA) is 148 Å². The predicted octanol–water partition coefficient (Wildman–Crippen LogP) is 4.18. The number of benzene rings is 1. The number of hydroxylamine groups is 2. The second kappa shape index (κ2) is 13.1. The van der Waals surface area contributed by atoms with Crippen molar-refractivity contribution in [1.29, 1.82) is 0 Å². The van der Waals surface area contributed by atoms with Gasteiger partial charge in [0.25, 0.3) is 0 Å². The number of aliphatic hydroxyl groups is 1. The van der Waals surface area contributed by atoms with Crippen LogP contribution in [0.3, 0.4) is 0 Å². The second-order valence-electron chi connectivity index (χ2n) is 19.1. The summed E-state index contributed by atoms with van der Waals surface area (Å²) in [5.74, 6) is -0.0411. The van der Waals surface area contributed by atoms with Crippen molar-refractivity contribution in [2.45, 2.75) is 146 Å². The number of hydrogen-bond acceptors (Lipinski definition) is 10. The van der Waals surface area contributed by atoms with Gasteiger partial charge in [-0.2, -0.15) is 5.06 Å². The van der Waals surface area contributed by atoms with Crippen molar-refractivity contribution < 1.29 is 43.3 Å². The quantitative estimate of drug-likeness (QED) is 0.222. The van der Waals surface area contributed by atoms with Crippen molar-refractivity contribution in [3.05, 3.63) is 41.0 Å². The van der Waals surface area contributed by atoms with Gasteiger partial charge in [0.2, 0.25) is 11.8 Å². The number of hydrogen-bond donors (Lipinski definition) is 3. The Labute approximate surface area is 323 Å². The zero-order valence-electron chi connectivity index (χ0n) is 32.4. The van der Waals surface area contributed by atoms with Gasteiger partial charge in [0.1, 0.15) is 29.8 Å². The summed E-state index contributed by atoms with van der Waals surface area (Å²) in [5, 5.41) is 16.4. The molecule has 0 aromatic heterocycles. The number of nitrogens with zero attached hydrogens (tertiary/aromatic N) is 1. The van der Waals surface area contributed by atoms with Crippen LogP contribution in [0.2, 0.25) is 0 Å². The van der Waals surface area contributed by atoms with Crippen molar-refractivity contribution in [2.75, 3.05) is 19.7 Å². The van der Waals surface area contributed by atoms with Crippen molar-refractivity contribution in [2.24, 2.45) is 34.5 Å². The minimum absolute atomic E-state index is 0.0367. The molecule has 1 aromatic carbocycles. The number of rotatable bonds is 11. The minimum atomic E-state index is -1.29. The number of ether oxygens (including phenoxy) is 4. The lowest BCUT2D eigenvalue weighted by molar-refractivity contribution is -0.235. The van der Waals surface area contributed by atoms with Crippen LogP contribution in [-0.2, 0) is 44.7 Å². The zero-order valence-corrected chi connectivity index (χ0v) is 32.4. The summed E-state index contributed by atoms with van der Waals surface area (Å²) in [6.07, 6.45) is 10.2. The third kappa shape index (κ3) is 6.02. The van der Waals surface area contributed by atoms with Crippen LogP contribution in [0.1, 0.15) is 103 Å². The number of esters is 1. The lowest BCUT2D eigenvalue weighted by Gasteiger charge is -2.53. The van der Waals surface area contributed by atoms with Crippen LogP contribution in [-0.4, -0.2) is 95.6 Å². The monoisotopic (exact) mass is 759 g/mol. The van der Waals surface area contributed by atoms with Crippen molar-refractivity contribution in [1.82, 2.24) is 15.7 Å². The Morgan fingerprint density at radius 1 is 0.964 bits per heavy atom. The molecule has 9 fully saturated rings. The molecule has 2 bridgehead atoms. The third-order valence-corrected chi connectivity index (χ3v) is 15.0. The van der Waals surface area contributed by atoms with E-state index in [2.05, 4.69) is 55.7 Å². The molecule has 1 aromatic rings. The zero-order chi connectivity index (χ0) is 37.9. The fraction of sp³-hybridized carbons (Fsp3) is 0.744. The number of carbonyl (C=O) groups is 3. The van der Waals surface area contributed by atoms with Crippen molar-refractivity contribution in [3.63, 3.8) is 0 Å². The average Bonchev–Trinajstić information content (AvgIpc) is 4.10. The van der Waals surface area contributed by atoms with E-state index in [1.165, 1.54) is 18.4 Å². The molecule has 2 amide bonds. The fourth-order valence-electron chi connectivity index (χ4n) is 11.8. The van der Waals surface area contributed by atoms with Gasteiger partial charge in [-0.3, -0.25) is 19.2 Å². The van der Waals surface area contributed by atoms with Gasteiger partial charge < -0.3 is 34.7 Å². The maximum Gasteiger partial charge on any atom is 0.327 e. The first-order valence-electron chi connectivity index (χ1n) is 21.1. The Bertz CT molecular complexity index is 1760. The van der Waals surface area contributed by atoms with Crippen LogP contribution in [0.15, 0.2) is 29.8 Å². The number of carbonyl (C=O) groups excluding carboxylic acids is 3. The molecule has 298 valence electrons. The van der Waals surface area contributed by atoms with E-state index in [9.17, 15) is 14.4 Å². The number of epoxide rings is 1. The van der Waals surface area contributed by atoms with Crippen LogP contribution in [0.4, 0.5) is 0 Å². The SMILES string of the molecule is CC1(C)CC2C(=Cc3cccc(CN4OC5C6OC(C7CC7)(C7CC7)OC6C6CC5(C(=O)NCCC(=O)NCCO)C4C(=O)O6)c3)CCC3OC3(C)CCC21. The Balaban J connectivity index is 0.933. The Hall–Kier alpha value is -2.87. The van der Waals surface area contributed by atoms with Crippen LogP contribution < -0.4 is 10.6 Å². The van der Waals surface area contributed by atoms with Gasteiger partial charge >= 0.3 is 5.97 Å². The highest BCUT2D eigenvalue weighted by atomic mass is 16.8. The second-order valence-corrected chi connectivity index (χ2v) is 19.1. The number of allylic oxidation sites excluding steroid dienone is 1. The van der Waals surface area contributed by atoms with Crippen LogP contribution >= 0.6 is 0 Å². The molecule has 10 atom stereocenters. The van der Waals surface area contributed by atoms with Gasteiger partial charge in [-0.15, -0.1) is 0 Å². The largest absolute Gasteiger partial charge is 0.458 e. The first-order valence-corrected chi connectivity index (χ1v) is 21.1. The number of aliphatic hydroxyl groups excluding tert-OH is 1. The van der Waals surface area contributed by atoms with Crippen LogP contribution in [0.5, 0.6) is 0 Å². The summed E-state index contributed by atoms with van der Waals surface area (Å²) in [5.41, 5.74) is 2.66. The first kappa shape index (κ1) is 36.5. The van der Waals surface area contributed by atoms with Gasteiger partial charge in [-0.1, -0.05) is 49.8 Å². The summed E-state index contributed by atoms with van der Waals surface area (Å²) in [6.45, 7) is 7.45. The lowest BCUT2D eigenvalue weighted by atomic mass is 9.52. The van der Waals surface area contributed by atoms with Crippen molar-refractivity contribution in [3.8, 4) is 0 Å². The van der Waals surface area contributed by atoms with Gasteiger partial charge in [0.15, 0.2) is 11.8 Å². The van der Waals surface area contributed by atoms with E-state index in [1.54, 1.807) is 5.06 Å². The molecule has 5 aliphatic carbocycles. The van der Waals surface area contributed by atoms with Gasteiger partial charge in [0.05, 0.1) is 24.9 Å². The smallest absolute Gasteiger partial charge is 0.327 e. The van der Waals surface area contributed by atoms with Crippen LogP contribution in [0, 0.1) is 34.5 Å². The molecular formula is C43H57N3O9. The Morgan fingerprint density at radius 2 is 1.75 bits per heavy atom. The molecule has 9 aliphatic rings. The van der Waals surface area contributed by atoms with Gasteiger partial charge in [-0.05, 0) is 93.1 Å². The van der Waals surface area contributed by atoms with Crippen LogP contribution in [0.25, 0.3) is 6.08 Å². The molecule has 12 heteroatoms. The number of amides is 2. The van der Waals surface area contributed by atoms with Gasteiger partial charge in [-0.25, -0.2) is 0 Å². The van der Waals surface area contributed by atoms with Crippen molar-refractivity contribution >= 4 is 23.9 Å². The molecule has 5 saturated carbocycles. The van der Waals surface area contributed by atoms with E-state index in [4.69, 9.17) is 28.9 Å². The fourth-order valence-corrected chi connectivity index (χ4v) is 11.8. The molecule has 4 aliphatic heterocycles. The molecule has 55 heavy (non-hydrogen) atoms. The number of fused-ring (bicyclic) bond motifs is 6. The summed E-state index contributed by atoms with van der Waals surface area (Å²) >= 11 is 0. The minimum Gasteiger partial charge on any atom is -0.458 e. The molecule has 4 saturated heterocycles. The Kier molecular flexibility index (Phi) is 8.67. The summed E-state index contributed by atoms with van der Waals surface area (Å²) in [4.78, 5) is 47.9. The lowest BCUT2D eigenvalue weighted by Crippen LogP contribution is -2.69. The van der Waals surface area contributed by atoms with E-state index in [-0.39, 0.29) is 56.5 Å². The highest BCUT2D eigenvalue weighted by Crippen LogP contribution is 2.64. The molecule has 10 rings (SSSR count). The summed E-state index contributed by atoms with van der Waals surface area (Å²) < 4.78 is 26.3. The molecular weight excluding hydrogens is 702 g/mol. The molecule has 3 N–H and O–H groups in total. The number of nitrogens with one attached hydrogen (secondary N) is 2. The standard InChI is InChI=1S/C43H57N3O9/c1-40(2)21-29-26(7-12-32-41(3,52-32)15-13-30(29)40)20-24-5-4-6-25(19-24)23-46-36-38(49)51-31-22-42(36,39(50)45-16-14-33(48)44-17-18-47)37(55-46)35-34(31)53-43(54-35,27-8-9-27)28-10-11-28/h4-6,19-20,27-32,34-37,47H,7-18,21-23H2,1-3H3,(H,44,48)(H,45,50). The molecule has 0 spiro atoms. The highest BCUT2D eigenvalue weighted by Gasteiger charge is 2.78. The predicted molar refractivity (Wildman–Crippen MR) is 198 cm³/mol. The maximum absolute atomic E-state index is 14.6. The molecule has 10 unspecified atom stereocenters. The molecule has 4 heterocycles. The molecule has 0 radical (unpaired) electrons. The van der Waals surface area contributed by atoms with E-state index in [0.717, 1.165) is 56.1 Å². The average molecular weight is 760 g/mol. The van der Waals surface area contributed by atoms with Gasteiger partial charge in [0, 0.05) is 37.8 Å². The maximum atomic E-state index is 14.6. The van der Waals surface area contributed by atoms with E-state index in [1.807, 2.05) is 6.07 Å².